The summed E-state index contributed by atoms with van der Waals surface area (Å²) in [6, 6.07) is 15.4. The van der Waals surface area contributed by atoms with Crippen LogP contribution in [0.1, 0.15) is 17.4 Å². The fourth-order valence-corrected chi connectivity index (χ4v) is 3.25. The van der Waals surface area contributed by atoms with Crippen LogP contribution in [-0.2, 0) is 0 Å². The van der Waals surface area contributed by atoms with Gasteiger partial charge in [-0.3, -0.25) is 4.79 Å². The molecule has 1 N–H and O–H groups in total. The molecule has 1 aromatic heterocycles. The van der Waals surface area contributed by atoms with Crippen LogP contribution in [0, 0.1) is 0 Å². The molecular weight excluding hydrogens is 346 g/mol. The first-order valence-electron chi connectivity index (χ1n) is 8.33. The second-order valence-electron chi connectivity index (χ2n) is 5.79. The summed E-state index contributed by atoms with van der Waals surface area (Å²) in [5.74, 6) is 0.581. The second-order valence-corrected chi connectivity index (χ2v) is 6.64. The van der Waals surface area contributed by atoms with Crippen molar-refractivity contribution in [3.8, 4) is 16.3 Å². The van der Waals surface area contributed by atoms with E-state index >= 15 is 0 Å². The van der Waals surface area contributed by atoms with E-state index in [4.69, 9.17) is 4.74 Å². The Hall–Kier alpha value is -2.86. The van der Waals surface area contributed by atoms with Crippen LogP contribution in [0.15, 0.2) is 53.9 Å². The van der Waals surface area contributed by atoms with Crippen LogP contribution in [0.5, 0.6) is 5.75 Å². The number of aromatic nitrogens is 1. The molecule has 0 saturated carbocycles. The maximum absolute atomic E-state index is 12.5. The zero-order chi connectivity index (χ0) is 18.5. The number of rotatable bonds is 6. The SMILES string of the molecule is CCN(C)c1cccc(NC(=O)c2csc(-c3ccc(OC)cc3)n2)c1. The topological polar surface area (TPSA) is 54.5 Å². The maximum Gasteiger partial charge on any atom is 0.275 e. The quantitative estimate of drug-likeness (QED) is 0.696. The Morgan fingerprint density at radius 1 is 1.23 bits per heavy atom. The molecule has 0 radical (unpaired) electrons. The number of anilines is 2. The van der Waals surface area contributed by atoms with Crippen LogP contribution in [0.25, 0.3) is 10.6 Å². The molecule has 2 aromatic carbocycles. The van der Waals surface area contributed by atoms with Gasteiger partial charge in [-0.1, -0.05) is 6.07 Å². The molecular formula is C20H21N3O2S. The summed E-state index contributed by atoms with van der Waals surface area (Å²) in [5, 5.41) is 5.50. The number of nitrogens with zero attached hydrogens (tertiary/aromatic N) is 2. The number of hydrogen-bond donors (Lipinski definition) is 1. The molecule has 0 aliphatic heterocycles. The first kappa shape index (κ1) is 17.9. The number of hydrogen-bond acceptors (Lipinski definition) is 5. The summed E-state index contributed by atoms with van der Waals surface area (Å²) in [6.45, 7) is 2.98. The lowest BCUT2D eigenvalue weighted by molar-refractivity contribution is 0.102. The number of carbonyl (C=O) groups is 1. The molecule has 134 valence electrons. The highest BCUT2D eigenvalue weighted by atomic mass is 32.1. The molecule has 6 heteroatoms. The summed E-state index contributed by atoms with van der Waals surface area (Å²) in [5.41, 5.74) is 3.19. The van der Waals surface area contributed by atoms with Crippen LogP contribution >= 0.6 is 11.3 Å². The molecule has 0 fully saturated rings. The van der Waals surface area contributed by atoms with Crippen molar-refractivity contribution < 1.29 is 9.53 Å². The Morgan fingerprint density at radius 3 is 2.69 bits per heavy atom. The third-order valence-corrected chi connectivity index (χ3v) is 4.98. The Labute approximate surface area is 157 Å². The van der Waals surface area contributed by atoms with Gasteiger partial charge in [-0.15, -0.1) is 11.3 Å². The number of amides is 1. The van der Waals surface area contributed by atoms with E-state index in [1.165, 1.54) is 11.3 Å². The fraction of sp³-hybridized carbons (Fsp3) is 0.200. The number of carbonyl (C=O) groups excluding carboxylic acids is 1. The van der Waals surface area contributed by atoms with E-state index < -0.39 is 0 Å². The van der Waals surface area contributed by atoms with Gasteiger partial charge >= 0.3 is 0 Å². The fourth-order valence-electron chi connectivity index (χ4n) is 2.44. The third-order valence-electron chi connectivity index (χ3n) is 4.09. The molecule has 1 amide bonds. The van der Waals surface area contributed by atoms with Gasteiger partial charge in [0.15, 0.2) is 0 Å². The molecule has 5 nitrogen and oxygen atoms in total. The summed E-state index contributed by atoms with van der Waals surface area (Å²) in [6.07, 6.45) is 0. The minimum Gasteiger partial charge on any atom is -0.497 e. The van der Waals surface area contributed by atoms with E-state index in [2.05, 4.69) is 22.1 Å². The van der Waals surface area contributed by atoms with Crippen molar-refractivity contribution in [3.63, 3.8) is 0 Å². The van der Waals surface area contributed by atoms with Crippen molar-refractivity contribution in [1.82, 2.24) is 4.98 Å². The zero-order valence-electron chi connectivity index (χ0n) is 15.0. The summed E-state index contributed by atoms with van der Waals surface area (Å²) in [4.78, 5) is 19.1. The summed E-state index contributed by atoms with van der Waals surface area (Å²) in [7, 11) is 3.65. The van der Waals surface area contributed by atoms with Crippen molar-refractivity contribution in [3.05, 3.63) is 59.6 Å². The normalized spacial score (nSPS) is 10.4. The molecule has 0 unspecified atom stereocenters. The smallest absolute Gasteiger partial charge is 0.275 e. The number of nitrogens with one attached hydrogen (secondary N) is 1. The van der Waals surface area contributed by atoms with Crippen molar-refractivity contribution in [2.75, 3.05) is 30.9 Å². The molecule has 0 saturated heterocycles. The van der Waals surface area contributed by atoms with E-state index in [0.29, 0.717) is 5.69 Å². The van der Waals surface area contributed by atoms with E-state index in [1.807, 2.05) is 55.6 Å². The highest BCUT2D eigenvalue weighted by Crippen LogP contribution is 2.26. The van der Waals surface area contributed by atoms with Crippen LogP contribution in [0.2, 0.25) is 0 Å². The van der Waals surface area contributed by atoms with E-state index in [-0.39, 0.29) is 5.91 Å². The van der Waals surface area contributed by atoms with Gasteiger partial charge in [-0.2, -0.15) is 0 Å². The van der Waals surface area contributed by atoms with Crippen molar-refractivity contribution >= 4 is 28.6 Å². The Morgan fingerprint density at radius 2 is 2.00 bits per heavy atom. The van der Waals surface area contributed by atoms with Crippen LogP contribution < -0.4 is 15.0 Å². The first-order valence-corrected chi connectivity index (χ1v) is 9.21. The average Bonchev–Trinajstić information content (AvgIpc) is 3.18. The van der Waals surface area contributed by atoms with Gasteiger partial charge in [0.2, 0.25) is 0 Å². The monoisotopic (exact) mass is 367 g/mol. The molecule has 26 heavy (non-hydrogen) atoms. The standard InChI is InChI=1S/C20H21N3O2S/c1-4-23(2)16-7-5-6-15(12-16)21-19(24)18-13-26-20(22-18)14-8-10-17(25-3)11-9-14/h5-13H,4H2,1-3H3,(H,21,24). The van der Waals surface area contributed by atoms with Crippen LogP contribution in [0.4, 0.5) is 11.4 Å². The highest BCUT2D eigenvalue weighted by Gasteiger charge is 2.13. The Kier molecular flexibility index (Phi) is 5.53. The molecule has 0 atom stereocenters. The summed E-state index contributed by atoms with van der Waals surface area (Å²) < 4.78 is 5.16. The van der Waals surface area contributed by atoms with Crippen molar-refractivity contribution in [2.45, 2.75) is 6.92 Å². The van der Waals surface area contributed by atoms with E-state index in [9.17, 15) is 4.79 Å². The number of methoxy groups -OCH3 is 1. The van der Waals surface area contributed by atoms with Crippen molar-refractivity contribution in [1.29, 1.82) is 0 Å². The summed E-state index contributed by atoms with van der Waals surface area (Å²) >= 11 is 1.45. The largest absolute Gasteiger partial charge is 0.497 e. The van der Waals surface area contributed by atoms with E-state index in [0.717, 1.165) is 34.2 Å². The van der Waals surface area contributed by atoms with E-state index in [1.54, 1.807) is 12.5 Å². The molecule has 0 aliphatic rings. The van der Waals surface area contributed by atoms with Gasteiger partial charge in [0.25, 0.3) is 5.91 Å². The number of ether oxygens (including phenoxy) is 1. The van der Waals surface area contributed by atoms with Gasteiger partial charge < -0.3 is 15.0 Å². The van der Waals surface area contributed by atoms with Gasteiger partial charge in [0.05, 0.1) is 7.11 Å². The van der Waals surface area contributed by atoms with Gasteiger partial charge in [0.1, 0.15) is 16.5 Å². The predicted molar refractivity (Wildman–Crippen MR) is 107 cm³/mol. The Bertz CT molecular complexity index is 890. The maximum atomic E-state index is 12.5. The molecule has 0 aliphatic carbocycles. The molecule has 0 spiro atoms. The minimum atomic E-state index is -0.211. The lowest BCUT2D eigenvalue weighted by Gasteiger charge is -2.17. The lowest BCUT2D eigenvalue weighted by atomic mass is 10.2. The number of benzene rings is 2. The third kappa shape index (κ3) is 4.03. The minimum absolute atomic E-state index is 0.211. The first-order chi connectivity index (χ1) is 12.6. The van der Waals surface area contributed by atoms with Crippen LogP contribution in [0.3, 0.4) is 0 Å². The molecule has 3 rings (SSSR count). The van der Waals surface area contributed by atoms with Crippen molar-refractivity contribution in [2.24, 2.45) is 0 Å². The number of thiazole rings is 1. The Balaban J connectivity index is 1.74. The zero-order valence-corrected chi connectivity index (χ0v) is 15.8. The molecule has 1 heterocycles. The highest BCUT2D eigenvalue weighted by molar-refractivity contribution is 7.13. The van der Waals surface area contributed by atoms with Crippen LogP contribution in [-0.4, -0.2) is 31.6 Å². The lowest BCUT2D eigenvalue weighted by Crippen LogP contribution is -2.17. The van der Waals surface area contributed by atoms with Gasteiger partial charge in [-0.05, 0) is 49.4 Å². The van der Waals surface area contributed by atoms with Gasteiger partial charge in [-0.25, -0.2) is 4.98 Å². The average molecular weight is 367 g/mol. The second kappa shape index (κ2) is 8.01. The van der Waals surface area contributed by atoms with Gasteiger partial charge in [0, 0.05) is 35.9 Å². The molecule has 3 aromatic rings. The molecule has 0 bridgehead atoms. The predicted octanol–water partition coefficient (Wildman–Crippen LogP) is 4.53.